The number of ether oxygens (including phenoxy) is 1. The molecule has 1 aliphatic heterocycles. The maximum absolute atomic E-state index is 12.9. The van der Waals surface area contributed by atoms with Crippen LogP contribution in [0, 0.1) is 0 Å². The molecule has 0 bridgehead atoms. The van der Waals surface area contributed by atoms with Crippen LogP contribution in [0.25, 0.3) is 0 Å². The molecule has 0 aliphatic carbocycles. The Labute approximate surface area is 184 Å². The fourth-order valence-electron chi connectivity index (χ4n) is 3.45. The summed E-state index contributed by atoms with van der Waals surface area (Å²) in [6, 6.07) is 11.9. The maximum Gasteiger partial charge on any atom is 0.255 e. The van der Waals surface area contributed by atoms with Gasteiger partial charge in [-0.15, -0.1) is 0 Å². The van der Waals surface area contributed by atoms with E-state index in [4.69, 9.17) is 4.74 Å². The maximum atomic E-state index is 12.9. The number of likely N-dealkylation sites (N-methyl/N-ethyl adjacent to an activating group) is 1. The van der Waals surface area contributed by atoms with Crippen LogP contribution in [0.1, 0.15) is 24.2 Å². The molecule has 8 nitrogen and oxygen atoms in total. The molecule has 0 aromatic heterocycles. The van der Waals surface area contributed by atoms with Crippen LogP contribution in [-0.2, 0) is 10.0 Å². The molecular formula is C22H30N4O4S. The molecule has 168 valence electrons. The quantitative estimate of drug-likeness (QED) is 0.647. The molecule has 1 aliphatic rings. The summed E-state index contributed by atoms with van der Waals surface area (Å²) in [4.78, 5) is 17.2. The van der Waals surface area contributed by atoms with Crippen molar-refractivity contribution in [3.8, 4) is 5.75 Å². The third kappa shape index (κ3) is 5.75. The van der Waals surface area contributed by atoms with E-state index in [2.05, 4.69) is 19.8 Å². The van der Waals surface area contributed by atoms with Crippen molar-refractivity contribution in [3.63, 3.8) is 0 Å². The number of hydrogen-bond acceptors (Lipinski definition) is 6. The predicted molar refractivity (Wildman–Crippen MR) is 123 cm³/mol. The molecule has 1 amide bonds. The lowest BCUT2D eigenvalue weighted by Gasteiger charge is -2.35. The third-order valence-corrected chi connectivity index (χ3v) is 6.69. The van der Waals surface area contributed by atoms with Crippen LogP contribution >= 0.6 is 0 Å². The first-order valence-corrected chi connectivity index (χ1v) is 11.9. The highest BCUT2D eigenvalue weighted by Crippen LogP contribution is 2.28. The zero-order valence-corrected chi connectivity index (χ0v) is 19.0. The minimum Gasteiger partial charge on any atom is -0.494 e. The Kier molecular flexibility index (Phi) is 7.53. The number of rotatable bonds is 8. The van der Waals surface area contributed by atoms with Crippen LogP contribution in [0.5, 0.6) is 5.75 Å². The van der Waals surface area contributed by atoms with Crippen molar-refractivity contribution in [2.24, 2.45) is 0 Å². The SMILES string of the molecule is CCNS(=O)(=O)c1cc(C(=O)Nc2ccc(OCC)cc2)ccc1N1CCN(C)CC1. The van der Waals surface area contributed by atoms with Crippen LogP contribution < -0.4 is 19.7 Å². The molecule has 0 spiro atoms. The number of amides is 1. The summed E-state index contributed by atoms with van der Waals surface area (Å²) in [5, 5.41) is 2.81. The minimum absolute atomic E-state index is 0.123. The molecule has 0 radical (unpaired) electrons. The van der Waals surface area contributed by atoms with Crippen molar-refractivity contribution in [2.45, 2.75) is 18.7 Å². The van der Waals surface area contributed by atoms with E-state index >= 15 is 0 Å². The molecule has 2 aromatic carbocycles. The number of anilines is 2. The average molecular weight is 447 g/mol. The molecule has 1 saturated heterocycles. The van der Waals surface area contributed by atoms with Gasteiger partial charge in [-0.25, -0.2) is 13.1 Å². The first-order chi connectivity index (χ1) is 14.8. The average Bonchev–Trinajstić information content (AvgIpc) is 2.75. The van der Waals surface area contributed by atoms with E-state index in [9.17, 15) is 13.2 Å². The van der Waals surface area contributed by atoms with Crippen LogP contribution in [0.15, 0.2) is 47.4 Å². The zero-order chi connectivity index (χ0) is 22.4. The van der Waals surface area contributed by atoms with Crippen LogP contribution in [-0.4, -0.2) is 65.6 Å². The molecule has 9 heteroatoms. The molecule has 0 saturated carbocycles. The standard InChI is InChI=1S/C22H30N4O4S/c1-4-23-31(28,29)21-16-17(6-11-20(21)26-14-12-25(3)13-15-26)22(27)24-18-7-9-19(10-8-18)30-5-2/h6-11,16,23H,4-5,12-15H2,1-3H3,(H,24,27). The molecule has 0 unspecified atom stereocenters. The van der Waals surface area contributed by atoms with Gasteiger partial charge in [0, 0.05) is 44.0 Å². The van der Waals surface area contributed by atoms with Crippen molar-refractivity contribution in [1.82, 2.24) is 9.62 Å². The number of carbonyl (C=O) groups excluding carboxylic acids is 1. The first-order valence-electron chi connectivity index (χ1n) is 10.5. The highest BCUT2D eigenvalue weighted by molar-refractivity contribution is 7.89. The van der Waals surface area contributed by atoms with E-state index in [0.717, 1.165) is 31.9 Å². The molecular weight excluding hydrogens is 416 g/mol. The second-order valence-corrected chi connectivity index (χ2v) is 9.12. The van der Waals surface area contributed by atoms with Gasteiger partial charge < -0.3 is 19.9 Å². The lowest BCUT2D eigenvalue weighted by Crippen LogP contribution is -2.45. The van der Waals surface area contributed by atoms with E-state index < -0.39 is 10.0 Å². The topological polar surface area (TPSA) is 91.0 Å². The summed E-state index contributed by atoms with van der Waals surface area (Å²) in [7, 11) is -1.70. The molecule has 1 fully saturated rings. The van der Waals surface area contributed by atoms with Gasteiger partial charge >= 0.3 is 0 Å². The Bertz CT molecular complexity index is 1000. The van der Waals surface area contributed by atoms with Crippen LogP contribution in [0.3, 0.4) is 0 Å². The van der Waals surface area contributed by atoms with Gasteiger partial charge in [0.15, 0.2) is 0 Å². The Morgan fingerprint density at radius 3 is 2.32 bits per heavy atom. The number of carbonyl (C=O) groups is 1. The Balaban J connectivity index is 1.87. The van der Waals surface area contributed by atoms with Crippen LogP contribution in [0.2, 0.25) is 0 Å². The minimum atomic E-state index is -3.75. The van der Waals surface area contributed by atoms with Gasteiger partial charge in [-0.3, -0.25) is 4.79 Å². The van der Waals surface area contributed by atoms with Gasteiger partial charge in [0.05, 0.1) is 12.3 Å². The number of nitrogens with one attached hydrogen (secondary N) is 2. The second kappa shape index (κ2) is 10.1. The van der Waals surface area contributed by atoms with E-state index in [1.165, 1.54) is 6.07 Å². The summed E-state index contributed by atoms with van der Waals surface area (Å²) in [6.07, 6.45) is 0. The smallest absolute Gasteiger partial charge is 0.255 e. The number of piperazine rings is 1. The molecule has 0 atom stereocenters. The largest absolute Gasteiger partial charge is 0.494 e. The Morgan fingerprint density at radius 2 is 1.71 bits per heavy atom. The summed E-state index contributed by atoms with van der Waals surface area (Å²) in [5.74, 6) is 0.345. The van der Waals surface area contributed by atoms with Gasteiger partial charge in [0.25, 0.3) is 5.91 Å². The summed E-state index contributed by atoms with van der Waals surface area (Å²) >= 11 is 0. The van der Waals surface area contributed by atoms with Crippen molar-refractivity contribution in [1.29, 1.82) is 0 Å². The molecule has 31 heavy (non-hydrogen) atoms. The van der Waals surface area contributed by atoms with Crippen molar-refractivity contribution < 1.29 is 17.9 Å². The van der Waals surface area contributed by atoms with Crippen molar-refractivity contribution >= 4 is 27.3 Å². The van der Waals surface area contributed by atoms with Crippen molar-refractivity contribution in [3.05, 3.63) is 48.0 Å². The zero-order valence-electron chi connectivity index (χ0n) is 18.2. The van der Waals surface area contributed by atoms with Gasteiger partial charge in [-0.2, -0.15) is 0 Å². The Morgan fingerprint density at radius 1 is 1.03 bits per heavy atom. The van der Waals surface area contributed by atoms with Gasteiger partial charge in [-0.05, 0) is 56.4 Å². The normalized spacial score (nSPS) is 15.0. The third-order valence-electron chi connectivity index (χ3n) is 5.11. The predicted octanol–water partition coefficient (Wildman–Crippen LogP) is 2.39. The lowest BCUT2D eigenvalue weighted by atomic mass is 10.1. The van der Waals surface area contributed by atoms with E-state index in [0.29, 0.717) is 18.0 Å². The molecule has 3 rings (SSSR count). The van der Waals surface area contributed by atoms with E-state index in [1.54, 1.807) is 43.3 Å². The lowest BCUT2D eigenvalue weighted by molar-refractivity contribution is 0.102. The van der Waals surface area contributed by atoms with E-state index in [1.807, 2.05) is 14.0 Å². The number of benzene rings is 2. The molecule has 2 aromatic rings. The highest BCUT2D eigenvalue weighted by atomic mass is 32.2. The first kappa shape index (κ1) is 23.1. The monoisotopic (exact) mass is 446 g/mol. The molecule has 2 N–H and O–H groups in total. The van der Waals surface area contributed by atoms with Crippen molar-refractivity contribution in [2.75, 3.05) is 56.6 Å². The highest BCUT2D eigenvalue weighted by Gasteiger charge is 2.25. The van der Waals surface area contributed by atoms with Crippen LogP contribution in [0.4, 0.5) is 11.4 Å². The Hall–Kier alpha value is -2.62. The second-order valence-electron chi connectivity index (χ2n) is 7.39. The fraction of sp³-hybridized carbons (Fsp3) is 0.409. The van der Waals surface area contributed by atoms with Gasteiger partial charge in [0.1, 0.15) is 10.6 Å². The summed E-state index contributed by atoms with van der Waals surface area (Å²) < 4.78 is 33.8. The van der Waals surface area contributed by atoms with Gasteiger partial charge in [0.2, 0.25) is 10.0 Å². The van der Waals surface area contributed by atoms with E-state index in [-0.39, 0.29) is 22.9 Å². The van der Waals surface area contributed by atoms with Gasteiger partial charge in [-0.1, -0.05) is 6.92 Å². The number of sulfonamides is 1. The number of hydrogen-bond donors (Lipinski definition) is 2. The summed E-state index contributed by atoms with van der Waals surface area (Å²) in [6.45, 7) is 7.62. The molecule has 1 heterocycles. The fourth-order valence-corrected chi connectivity index (χ4v) is 4.74. The number of nitrogens with zero attached hydrogens (tertiary/aromatic N) is 2. The summed E-state index contributed by atoms with van der Waals surface area (Å²) in [5.41, 5.74) is 1.50.